The smallest absolute Gasteiger partial charge is 0.231 e. The lowest BCUT2D eigenvalue weighted by Gasteiger charge is -2.00. The summed E-state index contributed by atoms with van der Waals surface area (Å²) in [5.41, 5.74) is 6.47. The van der Waals surface area contributed by atoms with E-state index >= 15 is 0 Å². The molecule has 17 heavy (non-hydrogen) atoms. The van der Waals surface area contributed by atoms with Gasteiger partial charge in [-0.15, -0.1) is 0 Å². The molecule has 1 atom stereocenters. The maximum atomic E-state index is 8.86. The Hall–Kier alpha value is -1.43. The molecular weight excluding hydrogens is 242 g/mol. The van der Waals surface area contributed by atoms with Crippen LogP contribution in [0.15, 0.2) is 28.8 Å². The molecule has 2 aromatic rings. The van der Waals surface area contributed by atoms with E-state index in [1.165, 1.54) is 0 Å². The van der Waals surface area contributed by atoms with E-state index in [0.29, 0.717) is 23.2 Å². The van der Waals surface area contributed by atoms with Gasteiger partial charge in [0.1, 0.15) is 0 Å². The zero-order valence-corrected chi connectivity index (χ0v) is 9.76. The van der Waals surface area contributed by atoms with Gasteiger partial charge in [-0.3, -0.25) is 0 Å². The standard InChI is InChI=1S/C11H12ClN3O2/c12-8-4-2-1-3-7(8)5-10-14-11(15-17-10)9(13)6-16/h1-4,9,16H,5-6,13H2. The second kappa shape index (κ2) is 5.27. The maximum absolute atomic E-state index is 8.86. The maximum Gasteiger partial charge on any atom is 0.231 e. The Kier molecular flexibility index (Phi) is 3.73. The van der Waals surface area contributed by atoms with Crippen molar-refractivity contribution in [2.75, 3.05) is 6.61 Å². The lowest BCUT2D eigenvalue weighted by Crippen LogP contribution is -2.16. The van der Waals surface area contributed by atoms with Gasteiger partial charge in [0.15, 0.2) is 5.82 Å². The van der Waals surface area contributed by atoms with Crippen LogP contribution in [0.5, 0.6) is 0 Å². The van der Waals surface area contributed by atoms with Gasteiger partial charge in [-0.2, -0.15) is 4.98 Å². The lowest BCUT2D eigenvalue weighted by atomic mass is 10.1. The molecule has 1 unspecified atom stereocenters. The quantitative estimate of drug-likeness (QED) is 0.858. The predicted octanol–water partition coefficient (Wildman–Crippen LogP) is 1.31. The molecule has 0 aliphatic heterocycles. The monoisotopic (exact) mass is 253 g/mol. The molecule has 6 heteroatoms. The molecule has 2 rings (SSSR count). The number of rotatable bonds is 4. The predicted molar refractivity (Wildman–Crippen MR) is 62.6 cm³/mol. The first-order valence-electron chi connectivity index (χ1n) is 5.13. The Labute approximate surface area is 103 Å². The first-order valence-corrected chi connectivity index (χ1v) is 5.51. The van der Waals surface area contributed by atoms with E-state index in [-0.39, 0.29) is 6.61 Å². The second-order valence-corrected chi connectivity index (χ2v) is 4.01. The van der Waals surface area contributed by atoms with Crippen LogP contribution < -0.4 is 5.73 Å². The van der Waals surface area contributed by atoms with E-state index in [1.807, 2.05) is 18.2 Å². The summed E-state index contributed by atoms with van der Waals surface area (Å²) in [4.78, 5) is 4.10. The summed E-state index contributed by atoms with van der Waals surface area (Å²) < 4.78 is 5.04. The van der Waals surface area contributed by atoms with Crippen molar-refractivity contribution in [3.8, 4) is 0 Å². The number of nitrogens with two attached hydrogens (primary N) is 1. The third-order valence-electron chi connectivity index (χ3n) is 2.31. The average molecular weight is 254 g/mol. The molecule has 0 saturated heterocycles. The molecule has 0 radical (unpaired) electrons. The second-order valence-electron chi connectivity index (χ2n) is 3.60. The molecule has 1 aromatic carbocycles. The van der Waals surface area contributed by atoms with Gasteiger partial charge in [0.05, 0.1) is 19.1 Å². The summed E-state index contributed by atoms with van der Waals surface area (Å²) in [6.45, 7) is -0.217. The molecule has 0 aliphatic carbocycles. The van der Waals surface area contributed by atoms with Gasteiger partial charge in [-0.05, 0) is 11.6 Å². The normalized spacial score (nSPS) is 12.6. The summed E-state index contributed by atoms with van der Waals surface area (Å²) in [5.74, 6) is 0.728. The Morgan fingerprint density at radius 3 is 2.88 bits per heavy atom. The highest BCUT2D eigenvalue weighted by atomic mass is 35.5. The van der Waals surface area contributed by atoms with Gasteiger partial charge in [0.2, 0.25) is 5.89 Å². The highest BCUT2D eigenvalue weighted by molar-refractivity contribution is 6.31. The molecule has 0 fully saturated rings. The van der Waals surface area contributed by atoms with E-state index in [9.17, 15) is 0 Å². The van der Waals surface area contributed by atoms with Gasteiger partial charge in [-0.1, -0.05) is 35.0 Å². The average Bonchev–Trinajstić information content (AvgIpc) is 2.80. The van der Waals surface area contributed by atoms with Crippen molar-refractivity contribution >= 4 is 11.6 Å². The number of aromatic nitrogens is 2. The number of benzene rings is 1. The number of hydrogen-bond acceptors (Lipinski definition) is 5. The molecule has 0 bridgehead atoms. The molecule has 0 aliphatic rings. The van der Waals surface area contributed by atoms with Crippen LogP contribution in [-0.2, 0) is 6.42 Å². The number of aliphatic hydroxyl groups excluding tert-OH is 1. The highest BCUT2D eigenvalue weighted by Gasteiger charge is 2.14. The van der Waals surface area contributed by atoms with Crippen molar-refractivity contribution in [1.82, 2.24) is 10.1 Å². The fraction of sp³-hybridized carbons (Fsp3) is 0.273. The van der Waals surface area contributed by atoms with Crippen LogP contribution >= 0.6 is 11.6 Å². The minimum atomic E-state index is -0.612. The van der Waals surface area contributed by atoms with Crippen molar-refractivity contribution in [1.29, 1.82) is 0 Å². The number of halogens is 1. The third kappa shape index (κ3) is 2.82. The van der Waals surface area contributed by atoms with Crippen LogP contribution in [0.1, 0.15) is 23.3 Å². The van der Waals surface area contributed by atoms with Crippen molar-refractivity contribution in [2.45, 2.75) is 12.5 Å². The van der Waals surface area contributed by atoms with Gasteiger partial charge < -0.3 is 15.4 Å². The van der Waals surface area contributed by atoms with E-state index in [4.69, 9.17) is 27.0 Å². The van der Waals surface area contributed by atoms with Crippen LogP contribution in [0, 0.1) is 0 Å². The zero-order valence-electron chi connectivity index (χ0n) is 9.01. The zero-order chi connectivity index (χ0) is 12.3. The van der Waals surface area contributed by atoms with Crippen LogP contribution in [0.2, 0.25) is 5.02 Å². The fourth-order valence-corrected chi connectivity index (χ4v) is 1.58. The Balaban J connectivity index is 2.14. The first-order chi connectivity index (χ1) is 8.20. The van der Waals surface area contributed by atoms with Gasteiger partial charge >= 0.3 is 0 Å². The minimum absolute atomic E-state index is 0.217. The largest absolute Gasteiger partial charge is 0.394 e. The fourth-order valence-electron chi connectivity index (χ4n) is 1.38. The Bertz CT molecular complexity index is 501. The van der Waals surface area contributed by atoms with E-state index < -0.39 is 6.04 Å². The summed E-state index contributed by atoms with van der Waals surface area (Å²) >= 11 is 6.02. The molecule has 1 heterocycles. The number of nitrogens with zero attached hydrogens (tertiary/aromatic N) is 2. The van der Waals surface area contributed by atoms with Crippen LogP contribution in [0.25, 0.3) is 0 Å². The summed E-state index contributed by atoms with van der Waals surface area (Å²) in [6, 6.07) is 6.81. The summed E-state index contributed by atoms with van der Waals surface area (Å²) in [5, 5.41) is 13.2. The van der Waals surface area contributed by atoms with Gasteiger partial charge in [0.25, 0.3) is 0 Å². The molecule has 3 N–H and O–H groups in total. The van der Waals surface area contributed by atoms with Crippen molar-refractivity contribution in [3.05, 3.63) is 46.6 Å². The van der Waals surface area contributed by atoms with E-state index in [0.717, 1.165) is 5.56 Å². The minimum Gasteiger partial charge on any atom is -0.394 e. The van der Waals surface area contributed by atoms with Gasteiger partial charge in [-0.25, -0.2) is 0 Å². The van der Waals surface area contributed by atoms with Crippen molar-refractivity contribution in [3.63, 3.8) is 0 Å². The number of hydrogen-bond donors (Lipinski definition) is 2. The van der Waals surface area contributed by atoms with Crippen LogP contribution in [0.3, 0.4) is 0 Å². The summed E-state index contributed by atoms with van der Waals surface area (Å²) in [7, 11) is 0. The van der Waals surface area contributed by atoms with Crippen molar-refractivity contribution < 1.29 is 9.63 Å². The third-order valence-corrected chi connectivity index (χ3v) is 2.68. The van der Waals surface area contributed by atoms with Gasteiger partial charge in [0, 0.05) is 5.02 Å². The summed E-state index contributed by atoms with van der Waals surface area (Å²) in [6.07, 6.45) is 0.449. The van der Waals surface area contributed by atoms with Crippen LogP contribution in [0.4, 0.5) is 0 Å². The van der Waals surface area contributed by atoms with E-state index in [2.05, 4.69) is 10.1 Å². The molecular formula is C11H12ClN3O2. The SMILES string of the molecule is NC(CO)c1noc(Cc2ccccc2Cl)n1. The number of aliphatic hydroxyl groups is 1. The molecule has 90 valence electrons. The first kappa shape index (κ1) is 12.0. The molecule has 0 amide bonds. The topological polar surface area (TPSA) is 85.2 Å². The van der Waals surface area contributed by atoms with Crippen LogP contribution in [-0.4, -0.2) is 21.9 Å². The van der Waals surface area contributed by atoms with E-state index in [1.54, 1.807) is 6.07 Å². The molecule has 0 saturated carbocycles. The Morgan fingerprint density at radius 2 is 2.18 bits per heavy atom. The highest BCUT2D eigenvalue weighted by Crippen LogP contribution is 2.18. The Morgan fingerprint density at radius 1 is 1.41 bits per heavy atom. The molecule has 0 spiro atoms. The molecule has 1 aromatic heterocycles. The molecule has 5 nitrogen and oxygen atoms in total. The lowest BCUT2D eigenvalue weighted by molar-refractivity contribution is 0.259. The van der Waals surface area contributed by atoms with Crippen molar-refractivity contribution in [2.24, 2.45) is 5.73 Å².